The molecule has 1 aliphatic rings. The lowest BCUT2D eigenvalue weighted by Crippen LogP contribution is -2.49. The number of rotatable bonds is 4. The lowest BCUT2D eigenvalue weighted by Gasteiger charge is -2.34. The third-order valence-corrected chi connectivity index (χ3v) is 4.25. The number of methoxy groups -OCH3 is 1. The summed E-state index contributed by atoms with van der Waals surface area (Å²) in [4.78, 5) is 3.72. The van der Waals surface area contributed by atoms with Gasteiger partial charge in [0.2, 0.25) is 0 Å². The molecule has 2 rings (SSSR count). The smallest absolute Gasteiger partial charge is 0.132 e. The van der Waals surface area contributed by atoms with Gasteiger partial charge >= 0.3 is 0 Å². The minimum absolute atomic E-state index is 0. The van der Waals surface area contributed by atoms with Gasteiger partial charge in [-0.15, -0.1) is 24.2 Å². The number of halogens is 1. The van der Waals surface area contributed by atoms with E-state index in [1.54, 1.807) is 18.9 Å². The van der Waals surface area contributed by atoms with E-state index < -0.39 is 0 Å². The van der Waals surface area contributed by atoms with E-state index in [4.69, 9.17) is 4.74 Å². The Bertz CT molecular complexity index is 403. The Balaban J connectivity index is 0.00000180. The van der Waals surface area contributed by atoms with Crippen LogP contribution in [0.5, 0.6) is 5.75 Å². The molecule has 0 radical (unpaired) electrons. The van der Waals surface area contributed by atoms with Gasteiger partial charge in [0.25, 0.3) is 0 Å². The number of piperazine rings is 1. The van der Waals surface area contributed by atoms with Crippen LogP contribution in [-0.2, 0) is 6.54 Å². The third kappa shape index (κ3) is 4.28. The minimum Gasteiger partial charge on any atom is -0.496 e. The number of benzene rings is 1. The molecule has 0 bridgehead atoms. The zero-order valence-electron chi connectivity index (χ0n) is 11.8. The molecule has 1 aromatic rings. The number of thioether (sulfide) groups is 1. The van der Waals surface area contributed by atoms with Gasteiger partial charge in [0.15, 0.2) is 0 Å². The fourth-order valence-electron chi connectivity index (χ4n) is 2.33. The van der Waals surface area contributed by atoms with Crippen LogP contribution < -0.4 is 10.1 Å². The van der Waals surface area contributed by atoms with Crippen molar-refractivity contribution in [2.24, 2.45) is 0 Å². The van der Waals surface area contributed by atoms with Crippen molar-refractivity contribution in [3.63, 3.8) is 0 Å². The first-order chi connectivity index (χ1) is 8.74. The van der Waals surface area contributed by atoms with Crippen LogP contribution in [-0.4, -0.2) is 43.9 Å². The molecule has 1 saturated heterocycles. The van der Waals surface area contributed by atoms with Crippen molar-refractivity contribution in [3.05, 3.63) is 23.8 Å². The van der Waals surface area contributed by atoms with Crippen LogP contribution in [0.15, 0.2) is 23.1 Å². The topological polar surface area (TPSA) is 24.5 Å². The Kier molecular flexibility index (Phi) is 7.00. The molecule has 0 aliphatic carbocycles. The summed E-state index contributed by atoms with van der Waals surface area (Å²) in [5.74, 6) is 0.989. The van der Waals surface area contributed by atoms with Gasteiger partial charge in [0.1, 0.15) is 5.75 Å². The van der Waals surface area contributed by atoms with Gasteiger partial charge in [-0.3, -0.25) is 4.90 Å². The van der Waals surface area contributed by atoms with Crippen LogP contribution in [0.25, 0.3) is 0 Å². The molecule has 1 atom stereocenters. The quantitative estimate of drug-likeness (QED) is 0.864. The second-order valence-electron chi connectivity index (χ2n) is 4.71. The molecule has 1 heterocycles. The fraction of sp³-hybridized carbons (Fsp3) is 0.571. The number of nitrogens with one attached hydrogen (secondary N) is 1. The molecule has 0 amide bonds. The highest BCUT2D eigenvalue weighted by Crippen LogP contribution is 2.28. The SMILES string of the molecule is COc1cc(CN2CCNC[C@H]2C)ccc1SC.Cl. The highest BCUT2D eigenvalue weighted by molar-refractivity contribution is 7.98. The lowest BCUT2D eigenvalue weighted by molar-refractivity contribution is 0.165. The highest BCUT2D eigenvalue weighted by atomic mass is 35.5. The Morgan fingerprint density at radius 1 is 1.47 bits per heavy atom. The molecule has 0 unspecified atom stereocenters. The molecule has 0 spiro atoms. The van der Waals surface area contributed by atoms with E-state index in [9.17, 15) is 0 Å². The zero-order chi connectivity index (χ0) is 13.0. The van der Waals surface area contributed by atoms with E-state index in [0.717, 1.165) is 31.9 Å². The lowest BCUT2D eigenvalue weighted by atomic mass is 10.1. The Hall–Kier alpha value is -0.420. The predicted molar refractivity (Wildman–Crippen MR) is 84.8 cm³/mol. The van der Waals surface area contributed by atoms with Crippen LogP contribution in [0.2, 0.25) is 0 Å². The molecule has 108 valence electrons. The monoisotopic (exact) mass is 302 g/mol. The maximum Gasteiger partial charge on any atom is 0.132 e. The average Bonchev–Trinajstić information content (AvgIpc) is 2.41. The highest BCUT2D eigenvalue weighted by Gasteiger charge is 2.18. The van der Waals surface area contributed by atoms with Crippen molar-refractivity contribution in [1.29, 1.82) is 0 Å². The summed E-state index contributed by atoms with van der Waals surface area (Å²) in [5, 5.41) is 3.42. The van der Waals surface area contributed by atoms with Gasteiger partial charge in [-0.05, 0) is 30.9 Å². The van der Waals surface area contributed by atoms with Crippen LogP contribution in [0, 0.1) is 0 Å². The van der Waals surface area contributed by atoms with Gasteiger partial charge in [-0.1, -0.05) is 6.07 Å². The zero-order valence-corrected chi connectivity index (χ0v) is 13.4. The fourth-order valence-corrected chi connectivity index (χ4v) is 2.88. The van der Waals surface area contributed by atoms with E-state index in [0.29, 0.717) is 6.04 Å². The predicted octanol–water partition coefficient (Wildman–Crippen LogP) is 2.63. The molecular formula is C14H23ClN2OS. The molecule has 1 N–H and O–H groups in total. The van der Waals surface area contributed by atoms with Gasteiger partial charge in [-0.25, -0.2) is 0 Å². The summed E-state index contributed by atoms with van der Waals surface area (Å²) in [6.45, 7) is 6.58. The van der Waals surface area contributed by atoms with Crippen molar-refractivity contribution in [1.82, 2.24) is 10.2 Å². The molecule has 5 heteroatoms. The molecule has 19 heavy (non-hydrogen) atoms. The van der Waals surface area contributed by atoms with Crippen molar-refractivity contribution in [3.8, 4) is 5.75 Å². The summed E-state index contributed by atoms with van der Waals surface area (Å²) in [6, 6.07) is 7.14. The van der Waals surface area contributed by atoms with E-state index in [-0.39, 0.29) is 12.4 Å². The van der Waals surface area contributed by atoms with Crippen molar-refractivity contribution < 1.29 is 4.74 Å². The van der Waals surface area contributed by atoms with E-state index in [2.05, 4.69) is 41.6 Å². The van der Waals surface area contributed by atoms with Crippen LogP contribution in [0.4, 0.5) is 0 Å². The first-order valence-electron chi connectivity index (χ1n) is 6.40. The Morgan fingerprint density at radius 3 is 2.89 bits per heavy atom. The maximum absolute atomic E-state index is 5.44. The van der Waals surface area contributed by atoms with E-state index in [1.807, 2.05) is 0 Å². The second kappa shape index (κ2) is 8.00. The molecule has 0 saturated carbocycles. The van der Waals surface area contributed by atoms with Crippen LogP contribution in [0.3, 0.4) is 0 Å². The van der Waals surface area contributed by atoms with Crippen molar-refractivity contribution in [2.75, 3.05) is 33.0 Å². The number of ether oxygens (including phenoxy) is 1. The molecular weight excluding hydrogens is 280 g/mol. The molecule has 1 aliphatic heterocycles. The normalized spacial score (nSPS) is 19.8. The molecule has 3 nitrogen and oxygen atoms in total. The summed E-state index contributed by atoms with van der Waals surface area (Å²) < 4.78 is 5.44. The largest absolute Gasteiger partial charge is 0.496 e. The van der Waals surface area contributed by atoms with E-state index in [1.165, 1.54) is 10.5 Å². The average molecular weight is 303 g/mol. The second-order valence-corrected chi connectivity index (χ2v) is 5.56. The number of nitrogens with zero attached hydrogens (tertiary/aromatic N) is 1. The van der Waals surface area contributed by atoms with Crippen molar-refractivity contribution >= 4 is 24.2 Å². The van der Waals surface area contributed by atoms with Crippen LogP contribution >= 0.6 is 24.2 Å². The molecule has 0 aromatic heterocycles. The Labute approximate surface area is 126 Å². The first kappa shape index (κ1) is 16.6. The number of hydrogen-bond donors (Lipinski definition) is 1. The standard InChI is InChI=1S/C14H22N2OS.ClH/c1-11-9-15-6-7-16(11)10-12-4-5-14(18-3)13(8-12)17-2;/h4-5,8,11,15H,6-7,9-10H2,1-3H3;1H/t11-;/m1./s1. The van der Waals surface area contributed by atoms with Gasteiger partial charge in [0.05, 0.1) is 7.11 Å². The first-order valence-corrected chi connectivity index (χ1v) is 7.62. The van der Waals surface area contributed by atoms with Crippen LogP contribution in [0.1, 0.15) is 12.5 Å². The minimum atomic E-state index is 0. The molecule has 1 fully saturated rings. The van der Waals surface area contributed by atoms with E-state index >= 15 is 0 Å². The summed E-state index contributed by atoms with van der Waals surface area (Å²) in [6.07, 6.45) is 2.08. The summed E-state index contributed by atoms with van der Waals surface area (Å²) in [5.41, 5.74) is 1.33. The van der Waals surface area contributed by atoms with Gasteiger partial charge < -0.3 is 10.1 Å². The summed E-state index contributed by atoms with van der Waals surface area (Å²) >= 11 is 1.73. The Morgan fingerprint density at radius 2 is 2.26 bits per heavy atom. The summed E-state index contributed by atoms with van der Waals surface area (Å²) in [7, 11) is 1.74. The van der Waals surface area contributed by atoms with Crippen molar-refractivity contribution in [2.45, 2.75) is 24.4 Å². The molecule has 1 aromatic carbocycles. The third-order valence-electron chi connectivity index (χ3n) is 3.47. The van der Waals surface area contributed by atoms with Gasteiger partial charge in [-0.2, -0.15) is 0 Å². The van der Waals surface area contributed by atoms with Gasteiger partial charge in [0, 0.05) is 37.1 Å². The number of hydrogen-bond acceptors (Lipinski definition) is 4. The maximum atomic E-state index is 5.44.